The van der Waals surface area contributed by atoms with Crippen molar-refractivity contribution < 1.29 is 68.4 Å². The van der Waals surface area contributed by atoms with E-state index >= 15 is 0 Å². The van der Waals surface area contributed by atoms with Crippen LogP contribution >= 0.6 is 0 Å². The zero-order valence-corrected chi connectivity index (χ0v) is 29.0. The van der Waals surface area contributed by atoms with E-state index in [1.807, 2.05) is 0 Å². The number of carbonyl (C=O) groups is 2. The fourth-order valence-electron chi connectivity index (χ4n) is 5.89. The Balaban J connectivity index is 1.87. The van der Waals surface area contributed by atoms with E-state index in [0.717, 1.165) is 29.3 Å². The molecular formula is C35H37F9N4O6. The second kappa shape index (κ2) is 16.8. The predicted molar refractivity (Wildman–Crippen MR) is 173 cm³/mol. The molecule has 0 saturated heterocycles. The topological polar surface area (TPSA) is 137 Å². The molecule has 2 aromatic carbocycles. The number of ether oxygens (including phenoxy) is 3. The lowest BCUT2D eigenvalue weighted by molar-refractivity contribution is -0.144. The number of carbonyl (C=O) groups excluding carboxylic acids is 2. The first-order valence-corrected chi connectivity index (χ1v) is 16.7. The molecule has 4 rings (SSSR count). The quantitative estimate of drug-likeness (QED) is 0.101. The van der Waals surface area contributed by atoms with Crippen molar-refractivity contribution in [2.75, 3.05) is 31.3 Å². The van der Waals surface area contributed by atoms with Crippen molar-refractivity contribution in [1.29, 1.82) is 0 Å². The molecule has 3 aromatic rings. The lowest BCUT2D eigenvalue weighted by atomic mass is 9.80. The van der Waals surface area contributed by atoms with Crippen LogP contribution in [0.2, 0.25) is 0 Å². The van der Waals surface area contributed by atoms with E-state index in [4.69, 9.17) is 25.1 Å². The lowest BCUT2D eigenvalue weighted by Crippen LogP contribution is -2.61. The number of anilines is 1. The maximum atomic E-state index is 14.0. The number of nitrogens with zero attached hydrogens (tertiary/aromatic N) is 3. The van der Waals surface area contributed by atoms with Gasteiger partial charge in [0.15, 0.2) is 5.75 Å². The molecule has 0 fully saturated rings. The van der Waals surface area contributed by atoms with Crippen LogP contribution in [0.4, 0.5) is 50.0 Å². The number of nitrogens with two attached hydrogens (primary N) is 1. The highest BCUT2D eigenvalue weighted by Gasteiger charge is 2.47. The van der Waals surface area contributed by atoms with Crippen LogP contribution < -0.4 is 15.4 Å². The molecule has 54 heavy (non-hydrogen) atoms. The number of halogens is 9. The molecular weight excluding hydrogens is 743 g/mol. The molecule has 3 N–H and O–H groups in total. The number of esters is 1. The minimum atomic E-state index is -5.16. The normalized spacial score (nSPS) is 17.6. The van der Waals surface area contributed by atoms with Gasteiger partial charge in [0.25, 0.3) is 0 Å². The van der Waals surface area contributed by atoms with Crippen molar-refractivity contribution >= 4 is 17.7 Å². The monoisotopic (exact) mass is 780 g/mol. The number of aliphatic hydroxyl groups is 1. The average molecular weight is 781 g/mol. The summed E-state index contributed by atoms with van der Waals surface area (Å²) in [4.78, 5) is 34.9. The van der Waals surface area contributed by atoms with Crippen LogP contribution in [0, 0.1) is 0 Å². The summed E-state index contributed by atoms with van der Waals surface area (Å²) in [7, 11) is 0. The highest BCUT2D eigenvalue weighted by atomic mass is 19.4. The molecule has 10 nitrogen and oxygen atoms in total. The summed E-state index contributed by atoms with van der Waals surface area (Å²) in [6.45, 7) is 2.60. The van der Waals surface area contributed by atoms with Gasteiger partial charge < -0.3 is 25.1 Å². The second-order valence-electron chi connectivity index (χ2n) is 12.4. The van der Waals surface area contributed by atoms with Crippen LogP contribution in [0.5, 0.6) is 5.75 Å². The van der Waals surface area contributed by atoms with E-state index in [-0.39, 0.29) is 93.1 Å². The number of aliphatic hydroxyl groups excluding tert-OH is 1. The Labute approximate surface area is 303 Å². The predicted octanol–water partition coefficient (Wildman–Crippen LogP) is 7.77. The number of aromatic nitrogens is 2. The summed E-state index contributed by atoms with van der Waals surface area (Å²) in [6, 6.07) is 3.51. The van der Waals surface area contributed by atoms with Crippen LogP contribution in [-0.4, -0.2) is 59.2 Å². The molecule has 1 aromatic heterocycles. The average Bonchev–Trinajstić information content (AvgIpc) is 3.09. The number of rotatable bonds is 13. The molecule has 0 saturated carbocycles. The molecule has 0 aliphatic carbocycles. The van der Waals surface area contributed by atoms with E-state index in [2.05, 4.69) is 9.97 Å². The van der Waals surface area contributed by atoms with Gasteiger partial charge in [0, 0.05) is 31.8 Å². The molecule has 296 valence electrons. The van der Waals surface area contributed by atoms with E-state index in [0.29, 0.717) is 12.1 Å². The lowest BCUT2D eigenvalue weighted by Gasteiger charge is -2.46. The van der Waals surface area contributed by atoms with Gasteiger partial charge in [-0.05, 0) is 73.7 Å². The SMILES string of the molecule is CCOC(=O)CCCOc1cnc([C@H]2C[C@@](N)(CC)N(C(=O)OCCCO)c3ccc(C(F)(F)F)cc32)nc1Cc1cc(C(F)(F)F)cc(C(F)(F)F)c1. The fourth-order valence-corrected chi connectivity index (χ4v) is 5.89. The highest BCUT2D eigenvalue weighted by Crippen LogP contribution is 2.48. The van der Waals surface area contributed by atoms with Gasteiger partial charge in [0.2, 0.25) is 0 Å². The number of hydrogen-bond acceptors (Lipinski definition) is 9. The number of hydrogen-bond donors (Lipinski definition) is 2. The molecule has 1 aliphatic rings. The van der Waals surface area contributed by atoms with Gasteiger partial charge in [-0.2, -0.15) is 39.5 Å². The van der Waals surface area contributed by atoms with Gasteiger partial charge in [-0.15, -0.1) is 0 Å². The Kier molecular flexibility index (Phi) is 13.1. The smallest absolute Gasteiger partial charge is 0.416 e. The maximum Gasteiger partial charge on any atom is 0.416 e. The molecule has 0 unspecified atom stereocenters. The Bertz CT molecular complexity index is 1770. The van der Waals surface area contributed by atoms with E-state index in [9.17, 15) is 49.1 Å². The summed E-state index contributed by atoms with van der Waals surface area (Å²) >= 11 is 0. The fraction of sp³-hybridized carbons (Fsp3) is 0.486. The first-order chi connectivity index (χ1) is 25.2. The van der Waals surface area contributed by atoms with Crippen LogP contribution in [0.25, 0.3) is 0 Å². The molecule has 1 amide bonds. The summed E-state index contributed by atoms with van der Waals surface area (Å²) < 4.78 is 140. The third-order valence-electron chi connectivity index (χ3n) is 8.56. The number of amides is 1. The first kappa shape index (κ1) is 42.1. The maximum absolute atomic E-state index is 14.0. The van der Waals surface area contributed by atoms with Crippen LogP contribution in [0.15, 0.2) is 42.6 Å². The third-order valence-corrected chi connectivity index (χ3v) is 8.56. The summed E-state index contributed by atoms with van der Waals surface area (Å²) in [6.07, 6.45) is -16.0. The van der Waals surface area contributed by atoms with Crippen molar-refractivity contribution in [1.82, 2.24) is 9.97 Å². The summed E-state index contributed by atoms with van der Waals surface area (Å²) in [5.41, 5.74) is -0.0629. The molecule has 19 heteroatoms. The largest absolute Gasteiger partial charge is 0.490 e. The van der Waals surface area contributed by atoms with Gasteiger partial charge in [0.05, 0.1) is 54.1 Å². The molecule has 1 aliphatic heterocycles. The van der Waals surface area contributed by atoms with Gasteiger partial charge in [-0.1, -0.05) is 6.92 Å². The Hall–Kier alpha value is -4.65. The van der Waals surface area contributed by atoms with Gasteiger partial charge in [-0.25, -0.2) is 14.8 Å². The highest BCUT2D eigenvalue weighted by molar-refractivity contribution is 5.91. The van der Waals surface area contributed by atoms with Crippen molar-refractivity contribution in [3.05, 3.63) is 81.9 Å². The molecule has 0 radical (unpaired) electrons. The number of benzene rings is 2. The van der Waals surface area contributed by atoms with Crippen molar-refractivity contribution in [2.45, 2.75) is 82.5 Å². The van der Waals surface area contributed by atoms with Crippen LogP contribution in [-0.2, 0) is 39.2 Å². The minimum Gasteiger partial charge on any atom is -0.490 e. The van der Waals surface area contributed by atoms with Crippen LogP contribution in [0.1, 0.15) is 91.2 Å². The number of alkyl halides is 9. The molecule has 2 atom stereocenters. The van der Waals surface area contributed by atoms with Crippen molar-refractivity contribution in [2.24, 2.45) is 5.73 Å². The van der Waals surface area contributed by atoms with E-state index in [1.54, 1.807) is 13.8 Å². The van der Waals surface area contributed by atoms with Crippen molar-refractivity contribution in [3.63, 3.8) is 0 Å². The third kappa shape index (κ3) is 10.1. The van der Waals surface area contributed by atoms with Gasteiger partial charge in [0.1, 0.15) is 11.5 Å². The minimum absolute atomic E-state index is 0.0258. The standard InChI is InChI=1S/C35H37F9N4O6/c1-3-32(45)18-25(24-17-21(33(36,37)38)8-9-27(24)48(32)31(51)54-12-6-10-49)30-46-19-28(53-11-5-7-29(50)52-4-2)26(47-30)15-20-13-22(34(39,40)41)16-23(14-20)35(42,43)44/h8-9,13-14,16-17,19,25,49H,3-7,10-12,15,18,45H2,1-2H3/t25-,32+/m0/s1. The molecule has 0 spiro atoms. The summed E-state index contributed by atoms with van der Waals surface area (Å²) in [5.74, 6) is -2.14. The van der Waals surface area contributed by atoms with Crippen LogP contribution in [0.3, 0.4) is 0 Å². The van der Waals surface area contributed by atoms with Crippen molar-refractivity contribution in [3.8, 4) is 5.75 Å². The van der Waals surface area contributed by atoms with E-state index < -0.39 is 70.8 Å². The first-order valence-electron chi connectivity index (χ1n) is 16.7. The Morgan fingerprint density at radius 3 is 2.13 bits per heavy atom. The molecule has 2 heterocycles. The zero-order valence-electron chi connectivity index (χ0n) is 29.0. The Morgan fingerprint density at radius 2 is 1.56 bits per heavy atom. The Morgan fingerprint density at radius 1 is 0.907 bits per heavy atom. The number of fused-ring (bicyclic) bond motifs is 1. The van der Waals surface area contributed by atoms with Gasteiger partial charge >= 0.3 is 30.6 Å². The van der Waals surface area contributed by atoms with Gasteiger partial charge in [-0.3, -0.25) is 9.69 Å². The van der Waals surface area contributed by atoms with E-state index in [1.165, 1.54) is 0 Å². The molecule has 0 bridgehead atoms. The zero-order chi connectivity index (χ0) is 40.1. The summed E-state index contributed by atoms with van der Waals surface area (Å²) in [5, 5.41) is 9.12. The second-order valence-corrected chi connectivity index (χ2v) is 12.4.